The van der Waals surface area contributed by atoms with Gasteiger partial charge in [-0.25, -0.2) is 8.78 Å². The second-order valence-electron chi connectivity index (χ2n) is 3.26. The molecule has 1 saturated heterocycles. The standard InChI is InChI=1S/C10H9F2NO2/c11-7-2-1-3-8(12)9(7)10(14)13-4-6-5-15-6/h1-3,6H,4-5H2,(H,13,14). The fourth-order valence-corrected chi connectivity index (χ4v) is 1.20. The molecule has 5 heteroatoms. The molecule has 2 rings (SSSR count). The highest BCUT2D eigenvalue weighted by Gasteiger charge is 2.24. The van der Waals surface area contributed by atoms with Crippen molar-refractivity contribution in [2.45, 2.75) is 6.10 Å². The first-order valence-electron chi connectivity index (χ1n) is 4.52. The van der Waals surface area contributed by atoms with Crippen LogP contribution in [0.15, 0.2) is 18.2 Å². The largest absolute Gasteiger partial charge is 0.371 e. The van der Waals surface area contributed by atoms with Crippen LogP contribution in [0.5, 0.6) is 0 Å². The fourth-order valence-electron chi connectivity index (χ4n) is 1.20. The second kappa shape index (κ2) is 3.94. The summed E-state index contributed by atoms with van der Waals surface area (Å²) in [4.78, 5) is 11.4. The normalized spacial score (nSPS) is 18.7. The van der Waals surface area contributed by atoms with Crippen LogP contribution in [-0.2, 0) is 4.74 Å². The third-order valence-corrected chi connectivity index (χ3v) is 2.08. The summed E-state index contributed by atoms with van der Waals surface area (Å²) >= 11 is 0. The Bertz CT molecular complexity index is 371. The Kier molecular flexibility index (Phi) is 2.64. The predicted octanol–water partition coefficient (Wildman–Crippen LogP) is 1.09. The van der Waals surface area contributed by atoms with Crippen LogP contribution in [0, 0.1) is 11.6 Å². The molecular formula is C10H9F2NO2. The number of hydrogen-bond donors (Lipinski definition) is 1. The van der Waals surface area contributed by atoms with E-state index >= 15 is 0 Å². The van der Waals surface area contributed by atoms with Crippen molar-refractivity contribution in [3.63, 3.8) is 0 Å². The molecule has 0 saturated carbocycles. The van der Waals surface area contributed by atoms with Gasteiger partial charge < -0.3 is 10.1 Å². The van der Waals surface area contributed by atoms with E-state index in [1.165, 1.54) is 6.07 Å². The van der Waals surface area contributed by atoms with E-state index in [4.69, 9.17) is 4.74 Å². The van der Waals surface area contributed by atoms with Gasteiger partial charge in [-0.2, -0.15) is 0 Å². The maximum absolute atomic E-state index is 13.1. The van der Waals surface area contributed by atoms with Crippen LogP contribution in [0.1, 0.15) is 10.4 Å². The van der Waals surface area contributed by atoms with Crippen LogP contribution in [0.2, 0.25) is 0 Å². The average Bonchev–Trinajstić information content (AvgIpc) is 2.97. The Hall–Kier alpha value is -1.49. The van der Waals surface area contributed by atoms with Crippen molar-refractivity contribution in [1.82, 2.24) is 5.32 Å². The number of halogens is 2. The molecule has 0 aromatic heterocycles. The molecule has 1 aromatic rings. The molecule has 1 aliphatic rings. The zero-order valence-electron chi connectivity index (χ0n) is 7.80. The molecule has 15 heavy (non-hydrogen) atoms. The van der Waals surface area contributed by atoms with Crippen molar-refractivity contribution in [2.75, 3.05) is 13.2 Å². The molecule has 1 fully saturated rings. The Morgan fingerprint density at radius 1 is 1.47 bits per heavy atom. The van der Waals surface area contributed by atoms with Crippen LogP contribution in [0.25, 0.3) is 0 Å². The van der Waals surface area contributed by atoms with E-state index in [9.17, 15) is 13.6 Å². The van der Waals surface area contributed by atoms with Gasteiger partial charge in [-0.1, -0.05) is 6.07 Å². The van der Waals surface area contributed by atoms with E-state index < -0.39 is 23.1 Å². The van der Waals surface area contributed by atoms with Crippen LogP contribution >= 0.6 is 0 Å². The number of epoxide rings is 1. The van der Waals surface area contributed by atoms with E-state index in [-0.39, 0.29) is 12.6 Å². The highest BCUT2D eigenvalue weighted by Crippen LogP contribution is 2.12. The second-order valence-corrected chi connectivity index (χ2v) is 3.26. The van der Waals surface area contributed by atoms with E-state index in [1.807, 2.05) is 0 Å². The molecular weight excluding hydrogens is 204 g/mol. The third kappa shape index (κ3) is 2.30. The van der Waals surface area contributed by atoms with Gasteiger partial charge in [0, 0.05) is 6.54 Å². The van der Waals surface area contributed by atoms with Crippen LogP contribution in [0.3, 0.4) is 0 Å². The maximum Gasteiger partial charge on any atom is 0.257 e. The van der Waals surface area contributed by atoms with E-state index in [0.29, 0.717) is 6.61 Å². The number of hydrogen-bond acceptors (Lipinski definition) is 2. The van der Waals surface area contributed by atoms with E-state index in [2.05, 4.69) is 5.32 Å². The minimum Gasteiger partial charge on any atom is -0.371 e. The lowest BCUT2D eigenvalue weighted by atomic mass is 10.2. The number of ether oxygens (including phenoxy) is 1. The molecule has 1 heterocycles. The summed E-state index contributed by atoms with van der Waals surface area (Å²) < 4.78 is 31.1. The van der Waals surface area contributed by atoms with Gasteiger partial charge in [0.05, 0.1) is 12.7 Å². The smallest absolute Gasteiger partial charge is 0.257 e. The molecule has 0 radical (unpaired) electrons. The SMILES string of the molecule is O=C(NCC1CO1)c1c(F)cccc1F. The van der Waals surface area contributed by atoms with Crippen molar-refractivity contribution >= 4 is 5.91 Å². The van der Waals surface area contributed by atoms with Gasteiger partial charge in [-0.3, -0.25) is 4.79 Å². The molecule has 1 amide bonds. The lowest BCUT2D eigenvalue weighted by Gasteiger charge is -2.05. The highest BCUT2D eigenvalue weighted by molar-refractivity contribution is 5.94. The molecule has 1 aliphatic heterocycles. The summed E-state index contributed by atoms with van der Waals surface area (Å²) in [6, 6.07) is 3.31. The Labute approximate surface area is 85.0 Å². The zero-order valence-corrected chi connectivity index (χ0v) is 7.80. The lowest BCUT2D eigenvalue weighted by Crippen LogP contribution is -2.29. The molecule has 1 unspecified atom stereocenters. The van der Waals surface area contributed by atoms with Gasteiger partial charge in [0.25, 0.3) is 5.91 Å². The minimum atomic E-state index is -0.857. The topological polar surface area (TPSA) is 41.6 Å². The van der Waals surface area contributed by atoms with Gasteiger partial charge in [-0.15, -0.1) is 0 Å². The van der Waals surface area contributed by atoms with Crippen molar-refractivity contribution in [2.24, 2.45) is 0 Å². The van der Waals surface area contributed by atoms with Crippen LogP contribution < -0.4 is 5.32 Å². The zero-order chi connectivity index (χ0) is 10.8. The summed E-state index contributed by atoms with van der Waals surface area (Å²) in [5.74, 6) is -2.46. The molecule has 1 aromatic carbocycles. The molecule has 80 valence electrons. The maximum atomic E-state index is 13.1. The number of carbonyl (C=O) groups excluding carboxylic acids is 1. The van der Waals surface area contributed by atoms with Crippen molar-refractivity contribution < 1.29 is 18.3 Å². The quantitative estimate of drug-likeness (QED) is 0.764. The number of benzene rings is 1. The predicted molar refractivity (Wildman–Crippen MR) is 48.4 cm³/mol. The van der Waals surface area contributed by atoms with Crippen molar-refractivity contribution in [3.8, 4) is 0 Å². The van der Waals surface area contributed by atoms with Gasteiger partial charge in [0.2, 0.25) is 0 Å². The van der Waals surface area contributed by atoms with Crippen molar-refractivity contribution in [1.29, 1.82) is 0 Å². The molecule has 1 N–H and O–H groups in total. The summed E-state index contributed by atoms with van der Waals surface area (Å²) in [5.41, 5.74) is -0.543. The van der Waals surface area contributed by atoms with Crippen LogP contribution in [-0.4, -0.2) is 25.2 Å². The third-order valence-electron chi connectivity index (χ3n) is 2.08. The number of rotatable bonds is 3. The first-order valence-corrected chi connectivity index (χ1v) is 4.52. The van der Waals surface area contributed by atoms with Gasteiger partial charge >= 0.3 is 0 Å². The number of amides is 1. The number of carbonyl (C=O) groups is 1. The first kappa shape index (κ1) is 10.0. The monoisotopic (exact) mass is 213 g/mol. The highest BCUT2D eigenvalue weighted by atomic mass is 19.1. The average molecular weight is 213 g/mol. The first-order chi connectivity index (χ1) is 7.18. The van der Waals surface area contributed by atoms with Gasteiger partial charge in [0.15, 0.2) is 0 Å². The van der Waals surface area contributed by atoms with Crippen molar-refractivity contribution in [3.05, 3.63) is 35.4 Å². The summed E-state index contributed by atoms with van der Waals surface area (Å²) in [6.45, 7) is 0.868. The van der Waals surface area contributed by atoms with E-state index in [0.717, 1.165) is 12.1 Å². The molecule has 0 bridgehead atoms. The minimum absolute atomic E-state index is 0.0104. The molecule has 3 nitrogen and oxygen atoms in total. The summed E-state index contributed by atoms with van der Waals surface area (Å²) in [7, 11) is 0. The fraction of sp³-hybridized carbons (Fsp3) is 0.300. The Balaban J connectivity index is 2.09. The van der Waals surface area contributed by atoms with Crippen LogP contribution in [0.4, 0.5) is 8.78 Å². The summed E-state index contributed by atoms with van der Waals surface area (Å²) in [5, 5.41) is 2.40. The molecule has 1 atom stereocenters. The van der Waals surface area contributed by atoms with E-state index in [1.54, 1.807) is 0 Å². The molecule has 0 spiro atoms. The lowest BCUT2D eigenvalue weighted by molar-refractivity contribution is 0.0942. The molecule has 0 aliphatic carbocycles. The Morgan fingerprint density at radius 3 is 2.60 bits per heavy atom. The summed E-state index contributed by atoms with van der Waals surface area (Å²) in [6.07, 6.45) is -0.0104. The Morgan fingerprint density at radius 2 is 2.07 bits per heavy atom. The van der Waals surface area contributed by atoms with Gasteiger partial charge in [-0.05, 0) is 12.1 Å². The number of nitrogens with one attached hydrogen (secondary N) is 1. The van der Waals surface area contributed by atoms with Gasteiger partial charge in [0.1, 0.15) is 17.2 Å².